The smallest absolute Gasteiger partial charge is 0.140 e. The molecule has 0 radical (unpaired) electrons. The molecule has 20 heavy (non-hydrogen) atoms. The molecule has 5 nitrogen and oxygen atoms in total. The lowest BCUT2D eigenvalue weighted by Gasteiger charge is -2.04. The molecule has 0 aliphatic rings. The molecule has 0 aliphatic carbocycles. The van der Waals surface area contributed by atoms with Crippen molar-refractivity contribution in [3.63, 3.8) is 0 Å². The van der Waals surface area contributed by atoms with E-state index in [0.29, 0.717) is 6.61 Å². The van der Waals surface area contributed by atoms with E-state index in [1.807, 2.05) is 31.2 Å². The van der Waals surface area contributed by atoms with Gasteiger partial charge >= 0.3 is 0 Å². The zero-order valence-corrected chi connectivity index (χ0v) is 12.3. The summed E-state index contributed by atoms with van der Waals surface area (Å²) in [4.78, 5) is 5.18. The van der Waals surface area contributed by atoms with Crippen molar-refractivity contribution in [1.29, 1.82) is 5.41 Å². The maximum absolute atomic E-state index is 7.53. The molecule has 0 aliphatic heterocycles. The molecule has 2 rings (SSSR count). The number of nitrogen functional groups attached to an aromatic ring is 1. The van der Waals surface area contributed by atoms with Gasteiger partial charge in [0, 0.05) is 0 Å². The zero-order valence-electron chi connectivity index (χ0n) is 11.5. The van der Waals surface area contributed by atoms with Crippen LogP contribution >= 0.6 is 11.3 Å². The van der Waals surface area contributed by atoms with E-state index in [4.69, 9.17) is 20.6 Å². The Bertz CT molecular complexity index is 593. The molecule has 3 N–H and O–H groups in total. The Morgan fingerprint density at radius 1 is 1.30 bits per heavy atom. The van der Waals surface area contributed by atoms with Crippen molar-refractivity contribution in [3.8, 4) is 11.5 Å². The minimum atomic E-state index is 0.0649. The predicted octanol–water partition coefficient (Wildman–Crippen LogP) is 2.58. The molecule has 2 aromatic rings. The van der Waals surface area contributed by atoms with Crippen molar-refractivity contribution in [2.24, 2.45) is 5.73 Å². The molecule has 1 heterocycles. The van der Waals surface area contributed by atoms with Crippen LogP contribution in [0.5, 0.6) is 11.5 Å². The topological polar surface area (TPSA) is 81.2 Å². The van der Waals surface area contributed by atoms with Crippen molar-refractivity contribution in [2.75, 3.05) is 7.11 Å². The van der Waals surface area contributed by atoms with Gasteiger partial charge in [-0.15, -0.1) is 11.3 Å². The van der Waals surface area contributed by atoms with Crippen LogP contribution in [0.2, 0.25) is 0 Å². The maximum Gasteiger partial charge on any atom is 0.140 e. The summed E-state index contributed by atoms with van der Waals surface area (Å²) >= 11 is 1.41. The first kappa shape index (κ1) is 14.3. The van der Waals surface area contributed by atoms with Crippen molar-refractivity contribution in [2.45, 2.75) is 20.0 Å². The van der Waals surface area contributed by atoms with Crippen LogP contribution in [-0.4, -0.2) is 17.9 Å². The van der Waals surface area contributed by atoms with Crippen LogP contribution in [0, 0.1) is 5.41 Å². The molecule has 0 saturated heterocycles. The Labute approximate surface area is 121 Å². The fraction of sp³-hybridized carbons (Fsp3) is 0.286. The Balaban J connectivity index is 2.04. The second kappa shape index (κ2) is 6.38. The number of hydrogen-bond donors (Lipinski definition) is 2. The van der Waals surface area contributed by atoms with Gasteiger partial charge < -0.3 is 15.2 Å². The van der Waals surface area contributed by atoms with Gasteiger partial charge in [-0.1, -0.05) is 6.92 Å². The molecule has 0 atom stereocenters. The van der Waals surface area contributed by atoms with Crippen molar-refractivity contribution in [1.82, 2.24) is 4.98 Å². The van der Waals surface area contributed by atoms with E-state index in [0.717, 1.165) is 33.5 Å². The van der Waals surface area contributed by atoms with Gasteiger partial charge in [0.1, 0.15) is 28.9 Å². The summed E-state index contributed by atoms with van der Waals surface area (Å²) in [7, 11) is 1.63. The summed E-state index contributed by atoms with van der Waals surface area (Å²) < 4.78 is 10.8. The average Bonchev–Trinajstić information content (AvgIpc) is 2.89. The molecule has 1 aromatic carbocycles. The van der Waals surface area contributed by atoms with Crippen LogP contribution in [0.25, 0.3) is 0 Å². The second-order valence-corrected chi connectivity index (χ2v) is 5.20. The lowest BCUT2D eigenvalue weighted by atomic mass is 10.3. The number of nitrogens with one attached hydrogen (secondary N) is 1. The zero-order chi connectivity index (χ0) is 14.5. The van der Waals surface area contributed by atoms with Gasteiger partial charge in [0.25, 0.3) is 0 Å². The van der Waals surface area contributed by atoms with E-state index < -0.39 is 0 Å². The SMILES string of the molecule is CCc1nc(COc2ccc(OC)cc2)sc1C(=N)N. The van der Waals surface area contributed by atoms with Crippen LogP contribution in [0.4, 0.5) is 0 Å². The Morgan fingerprint density at radius 3 is 2.45 bits per heavy atom. The fourth-order valence-corrected chi connectivity index (χ4v) is 2.66. The van der Waals surface area contributed by atoms with E-state index in [9.17, 15) is 0 Å². The highest BCUT2D eigenvalue weighted by Gasteiger charge is 2.12. The highest BCUT2D eigenvalue weighted by Crippen LogP contribution is 2.22. The van der Waals surface area contributed by atoms with Gasteiger partial charge in [-0.2, -0.15) is 0 Å². The molecule has 6 heteroatoms. The number of nitrogens with zero attached hydrogens (tertiary/aromatic N) is 1. The number of amidine groups is 1. The highest BCUT2D eigenvalue weighted by molar-refractivity contribution is 7.13. The number of hydrogen-bond acceptors (Lipinski definition) is 5. The quantitative estimate of drug-likeness (QED) is 0.633. The average molecular weight is 291 g/mol. The lowest BCUT2D eigenvalue weighted by molar-refractivity contribution is 0.304. The molecular weight excluding hydrogens is 274 g/mol. The molecule has 0 spiro atoms. The van der Waals surface area contributed by atoms with E-state index in [2.05, 4.69) is 4.98 Å². The summed E-state index contributed by atoms with van der Waals surface area (Å²) in [5, 5.41) is 8.35. The number of nitrogens with two attached hydrogens (primary N) is 1. The summed E-state index contributed by atoms with van der Waals surface area (Å²) in [6.45, 7) is 2.37. The van der Waals surface area contributed by atoms with Crippen LogP contribution in [-0.2, 0) is 13.0 Å². The van der Waals surface area contributed by atoms with Gasteiger partial charge in [0.05, 0.1) is 17.7 Å². The summed E-state index contributed by atoms with van der Waals surface area (Å²) in [5.41, 5.74) is 6.40. The van der Waals surface area contributed by atoms with Gasteiger partial charge in [0.15, 0.2) is 0 Å². The van der Waals surface area contributed by atoms with E-state index >= 15 is 0 Å². The first-order valence-electron chi connectivity index (χ1n) is 6.23. The van der Waals surface area contributed by atoms with Gasteiger partial charge in [-0.05, 0) is 30.7 Å². The fourth-order valence-electron chi connectivity index (χ4n) is 1.73. The van der Waals surface area contributed by atoms with Crippen molar-refractivity contribution < 1.29 is 9.47 Å². The second-order valence-electron chi connectivity index (χ2n) is 4.11. The highest BCUT2D eigenvalue weighted by atomic mass is 32.1. The monoisotopic (exact) mass is 291 g/mol. The van der Waals surface area contributed by atoms with Gasteiger partial charge in [-0.3, -0.25) is 5.41 Å². The first-order valence-corrected chi connectivity index (χ1v) is 7.05. The predicted molar refractivity (Wildman–Crippen MR) is 79.8 cm³/mol. The van der Waals surface area contributed by atoms with Gasteiger partial charge in [-0.25, -0.2) is 4.98 Å². The number of aryl methyl sites for hydroxylation is 1. The minimum Gasteiger partial charge on any atom is -0.497 e. The first-order chi connectivity index (χ1) is 9.63. The number of aromatic nitrogens is 1. The molecule has 1 aromatic heterocycles. The normalized spacial score (nSPS) is 10.3. The lowest BCUT2D eigenvalue weighted by Crippen LogP contribution is -2.11. The van der Waals surface area contributed by atoms with Crippen molar-refractivity contribution >= 4 is 17.2 Å². The maximum atomic E-state index is 7.53. The summed E-state index contributed by atoms with van der Waals surface area (Å²) in [6, 6.07) is 7.38. The van der Waals surface area contributed by atoms with Crippen LogP contribution < -0.4 is 15.2 Å². The third-order valence-corrected chi connectivity index (χ3v) is 3.85. The Morgan fingerprint density at radius 2 is 1.95 bits per heavy atom. The van der Waals surface area contributed by atoms with Crippen LogP contribution in [0.15, 0.2) is 24.3 Å². The Kier molecular flexibility index (Phi) is 4.57. The number of benzene rings is 1. The van der Waals surface area contributed by atoms with Crippen molar-refractivity contribution in [3.05, 3.63) is 39.8 Å². The number of methoxy groups -OCH3 is 1. The van der Waals surface area contributed by atoms with E-state index in [-0.39, 0.29) is 5.84 Å². The third-order valence-electron chi connectivity index (χ3n) is 2.74. The summed E-state index contributed by atoms with van der Waals surface area (Å²) in [5.74, 6) is 1.61. The molecule has 0 bridgehead atoms. The van der Waals surface area contributed by atoms with Crippen LogP contribution in [0.1, 0.15) is 22.5 Å². The Hall–Kier alpha value is -2.08. The molecule has 0 fully saturated rings. The molecule has 0 unspecified atom stereocenters. The summed E-state index contributed by atoms with van der Waals surface area (Å²) in [6.07, 6.45) is 0.758. The molecule has 0 saturated carbocycles. The minimum absolute atomic E-state index is 0.0649. The molecule has 0 amide bonds. The number of thiazole rings is 1. The molecular formula is C14H17N3O2S. The van der Waals surface area contributed by atoms with E-state index in [1.54, 1.807) is 7.11 Å². The molecule has 106 valence electrons. The standard InChI is InChI=1S/C14H17N3O2S/c1-3-11-13(14(15)16)20-12(17-11)8-19-10-6-4-9(18-2)5-7-10/h4-7H,3,8H2,1-2H3,(H3,15,16). The number of ether oxygens (including phenoxy) is 2. The van der Waals surface area contributed by atoms with Gasteiger partial charge in [0.2, 0.25) is 0 Å². The largest absolute Gasteiger partial charge is 0.497 e. The number of rotatable bonds is 6. The van der Waals surface area contributed by atoms with E-state index in [1.165, 1.54) is 11.3 Å². The van der Waals surface area contributed by atoms with Crippen LogP contribution in [0.3, 0.4) is 0 Å². The third kappa shape index (κ3) is 3.27.